The number of piperidine rings is 1. The molecule has 0 unspecified atom stereocenters. The molecule has 1 aliphatic heterocycles. The summed E-state index contributed by atoms with van der Waals surface area (Å²) < 4.78 is 6.72. The van der Waals surface area contributed by atoms with Gasteiger partial charge in [-0.05, 0) is 31.9 Å². The second-order valence-electron chi connectivity index (χ2n) is 5.20. The molecule has 1 fully saturated rings. The average Bonchev–Trinajstić information content (AvgIpc) is 3.18. The van der Waals surface area contributed by atoms with Crippen LogP contribution in [0.1, 0.15) is 37.5 Å². The van der Waals surface area contributed by atoms with Crippen molar-refractivity contribution in [1.29, 1.82) is 0 Å². The summed E-state index contributed by atoms with van der Waals surface area (Å²) in [6.45, 7) is 3.45. The maximum atomic E-state index is 12.4. The normalized spacial score (nSPS) is 18.1. The quantitative estimate of drug-likeness (QED) is 0.856. The standard InChI is InChI=1S/C14H18N4O2/c1-11(17-6-2-3-7-17)14(19)18-8-4-12(5-9-18)13-15-10-20-16-13/h2-3,6-7,10-12H,4-5,8-9H2,1H3/t11-/m0/s1. The highest BCUT2D eigenvalue weighted by Crippen LogP contribution is 2.26. The van der Waals surface area contributed by atoms with Crippen molar-refractivity contribution in [3.63, 3.8) is 0 Å². The number of carbonyl (C=O) groups is 1. The van der Waals surface area contributed by atoms with E-state index in [2.05, 4.69) is 10.1 Å². The van der Waals surface area contributed by atoms with Crippen molar-refractivity contribution in [2.45, 2.75) is 31.7 Å². The maximum absolute atomic E-state index is 12.4. The Morgan fingerprint density at radius 1 is 1.35 bits per heavy atom. The summed E-state index contributed by atoms with van der Waals surface area (Å²) in [6, 6.07) is 3.73. The van der Waals surface area contributed by atoms with E-state index in [0.29, 0.717) is 5.92 Å². The first kappa shape index (κ1) is 12.9. The Kier molecular flexibility index (Phi) is 3.54. The fourth-order valence-electron chi connectivity index (χ4n) is 2.71. The molecule has 0 aliphatic carbocycles. The molecule has 6 nitrogen and oxygen atoms in total. The van der Waals surface area contributed by atoms with E-state index in [1.54, 1.807) is 0 Å². The summed E-state index contributed by atoms with van der Waals surface area (Å²) in [4.78, 5) is 18.5. The van der Waals surface area contributed by atoms with E-state index in [1.807, 2.05) is 40.9 Å². The molecule has 1 saturated heterocycles. The van der Waals surface area contributed by atoms with Gasteiger partial charge in [0.05, 0.1) is 0 Å². The lowest BCUT2D eigenvalue weighted by atomic mass is 9.96. The van der Waals surface area contributed by atoms with E-state index in [0.717, 1.165) is 31.8 Å². The third-order valence-corrected chi connectivity index (χ3v) is 3.98. The van der Waals surface area contributed by atoms with E-state index in [9.17, 15) is 4.79 Å². The van der Waals surface area contributed by atoms with Crippen molar-refractivity contribution in [2.75, 3.05) is 13.1 Å². The van der Waals surface area contributed by atoms with Gasteiger partial charge < -0.3 is 14.0 Å². The van der Waals surface area contributed by atoms with Gasteiger partial charge in [-0.3, -0.25) is 4.79 Å². The second-order valence-corrected chi connectivity index (χ2v) is 5.20. The van der Waals surface area contributed by atoms with Gasteiger partial charge in [0.1, 0.15) is 6.04 Å². The predicted molar refractivity (Wildman–Crippen MR) is 72.0 cm³/mol. The zero-order valence-electron chi connectivity index (χ0n) is 11.5. The van der Waals surface area contributed by atoms with Crippen LogP contribution in [0.3, 0.4) is 0 Å². The van der Waals surface area contributed by atoms with Gasteiger partial charge in [-0.1, -0.05) is 5.16 Å². The first-order valence-corrected chi connectivity index (χ1v) is 6.93. The van der Waals surface area contributed by atoms with E-state index < -0.39 is 0 Å². The average molecular weight is 274 g/mol. The predicted octanol–water partition coefficient (Wildman–Crippen LogP) is 1.84. The molecule has 0 spiro atoms. The topological polar surface area (TPSA) is 64.2 Å². The van der Waals surface area contributed by atoms with Crippen molar-refractivity contribution in [3.05, 3.63) is 36.7 Å². The number of hydrogen-bond donors (Lipinski definition) is 0. The molecule has 106 valence electrons. The van der Waals surface area contributed by atoms with Crippen molar-refractivity contribution in [2.24, 2.45) is 0 Å². The minimum atomic E-state index is -0.147. The molecule has 1 amide bonds. The lowest BCUT2D eigenvalue weighted by molar-refractivity contribution is -0.135. The Morgan fingerprint density at radius 3 is 2.65 bits per heavy atom. The molecule has 2 aromatic heterocycles. The van der Waals surface area contributed by atoms with E-state index in [-0.39, 0.29) is 11.9 Å². The van der Waals surface area contributed by atoms with E-state index >= 15 is 0 Å². The molecule has 0 radical (unpaired) electrons. The molecule has 3 heterocycles. The van der Waals surface area contributed by atoms with Crippen molar-refractivity contribution < 1.29 is 9.32 Å². The summed E-state index contributed by atoms with van der Waals surface area (Å²) in [6.07, 6.45) is 7.00. The Morgan fingerprint density at radius 2 is 2.05 bits per heavy atom. The summed E-state index contributed by atoms with van der Waals surface area (Å²) in [7, 11) is 0. The number of carbonyl (C=O) groups excluding carboxylic acids is 1. The molecule has 0 bridgehead atoms. The van der Waals surface area contributed by atoms with Gasteiger partial charge in [-0.15, -0.1) is 0 Å². The van der Waals surface area contributed by atoms with Gasteiger partial charge in [0.15, 0.2) is 5.82 Å². The first-order chi connectivity index (χ1) is 9.75. The monoisotopic (exact) mass is 274 g/mol. The molecule has 3 rings (SSSR count). The first-order valence-electron chi connectivity index (χ1n) is 6.93. The van der Waals surface area contributed by atoms with Crippen LogP contribution in [0.15, 0.2) is 35.4 Å². The SMILES string of the molecule is C[C@@H](C(=O)N1CCC(c2ncon2)CC1)n1cccc1. The number of rotatable bonds is 3. The number of aromatic nitrogens is 3. The third kappa shape index (κ3) is 2.45. The number of nitrogens with zero attached hydrogens (tertiary/aromatic N) is 4. The highest BCUT2D eigenvalue weighted by Gasteiger charge is 2.28. The molecule has 6 heteroatoms. The van der Waals surface area contributed by atoms with Gasteiger partial charge in [0.25, 0.3) is 0 Å². The Hall–Kier alpha value is -2.11. The zero-order valence-corrected chi connectivity index (χ0v) is 11.5. The molecule has 0 saturated carbocycles. The fourth-order valence-corrected chi connectivity index (χ4v) is 2.71. The molecule has 0 N–H and O–H groups in total. The molecule has 0 aromatic carbocycles. The van der Waals surface area contributed by atoms with Crippen LogP contribution < -0.4 is 0 Å². The minimum Gasteiger partial charge on any atom is -0.343 e. The summed E-state index contributed by atoms with van der Waals surface area (Å²) in [5, 5.41) is 3.89. The number of hydrogen-bond acceptors (Lipinski definition) is 4. The van der Waals surface area contributed by atoms with Crippen LogP contribution in [0.4, 0.5) is 0 Å². The van der Waals surface area contributed by atoms with Gasteiger partial charge >= 0.3 is 0 Å². The summed E-state index contributed by atoms with van der Waals surface area (Å²) in [5.41, 5.74) is 0. The smallest absolute Gasteiger partial charge is 0.245 e. The van der Waals surface area contributed by atoms with Gasteiger partial charge in [-0.25, -0.2) is 0 Å². The highest BCUT2D eigenvalue weighted by atomic mass is 16.5. The van der Waals surface area contributed by atoms with Gasteiger partial charge in [0, 0.05) is 31.4 Å². The van der Waals surface area contributed by atoms with Gasteiger partial charge in [-0.2, -0.15) is 4.98 Å². The van der Waals surface area contributed by atoms with Gasteiger partial charge in [0.2, 0.25) is 12.3 Å². The van der Waals surface area contributed by atoms with E-state index in [1.165, 1.54) is 6.39 Å². The molecule has 1 atom stereocenters. The van der Waals surface area contributed by atoms with E-state index in [4.69, 9.17) is 4.52 Å². The highest BCUT2D eigenvalue weighted by molar-refractivity contribution is 5.80. The second kappa shape index (κ2) is 5.48. The van der Waals surface area contributed by atoms with Crippen LogP contribution in [0.25, 0.3) is 0 Å². The van der Waals surface area contributed by atoms with Crippen LogP contribution in [0.2, 0.25) is 0 Å². The number of amides is 1. The van der Waals surface area contributed by atoms with Crippen molar-refractivity contribution in [3.8, 4) is 0 Å². The largest absolute Gasteiger partial charge is 0.343 e. The zero-order chi connectivity index (χ0) is 13.9. The van der Waals surface area contributed by atoms with Crippen molar-refractivity contribution in [1.82, 2.24) is 19.6 Å². The van der Waals surface area contributed by atoms with Crippen LogP contribution in [0.5, 0.6) is 0 Å². The summed E-state index contributed by atoms with van der Waals surface area (Å²) >= 11 is 0. The van der Waals surface area contributed by atoms with Crippen LogP contribution in [-0.4, -0.2) is 38.6 Å². The maximum Gasteiger partial charge on any atom is 0.245 e. The van der Waals surface area contributed by atoms with Crippen molar-refractivity contribution >= 4 is 5.91 Å². The van der Waals surface area contributed by atoms with Crippen LogP contribution in [-0.2, 0) is 4.79 Å². The molecule has 2 aromatic rings. The van der Waals surface area contributed by atoms with Crippen LogP contribution in [0, 0.1) is 0 Å². The fraction of sp³-hybridized carbons (Fsp3) is 0.500. The molecular weight excluding hydrogens is 256 g/mol. The summed E-state index contributed by atoms with van der Waals surface area (Å²) in [5.74, 6) is 1.24. The number of likely N-dealkylation sites (tertiary alicyclic amines) is 1. The molecular formula is C14H18N4O2. The lowest BCUT2D eigenvalue weighted by Crippen LogP contribution is -2.41. The lowest BCUT2D eigenvalue weighted by Gasteiger charge is -2.32. The Bertz CT molecular complexity index is 542. The molecule has 20 heavy (non-hydrogen) atoms. The minimum absolute atomic E-state index is 0.147. The Balaban J connectivity index is 1.59. The third-order valence-electron chi connectivity index (χ3n) is 3.98. The van der Waals surface area contributed by atoms with Crippen LogP contribution >= 0.6 is 0 Å². The Labute approximate surface area is 117 Å². The molecule has 1 aliphatic rings.